The second-order valence-corrected chi connectivity index (χ2v) is 6.88. The van der Waals surface area contributed by atoms with Crippen molar-refractivity contribution in [3.63, 3.8) is 0 Å². The fourth-order valence-electron chi connectivity index (χ4n) is 3.87. The lowest BCUT2D eigenvalue weighted by Crippen LogP contribution is -2.28. The zero-order valence-electron chi connectivity index (χ0n) is 16.1. The summed E-state index contributed by atoms with van der Waals surface area (Å²) in [5.41, 5.74) is 0. The highest BCUT2D eigenvalue weighted by atomic mass is 14.4. The minimum Gasteiger partial charge on any atom is -0.0683 e. The summed E-state index contributed by atoms with van der Waals surface area (Å²) < 4.78 is 0. The monoisotopic (exact) mass is 296 g/mol. The van der Waals surface area contributed by atoms with Crippen LogP contribution in [0.4, 0.5) is 0 Å². The molecule has 2 unspecified atom stereocenters. The highest BCUT2D eigenvalue weighted by Gasteiger charge is 2.37. The molecule has 0 aromatic carbocycles. The molecular weight excluding hydrogens is 252 g/mol. The molecule has 0 radical (unpaired) electrons. The van der Waals surface area contributed by atoms with Gasteiger partial charge < -0.3 is 0 Å². The van der Waals surface area contributed by atoms with Crippen LogP contribution in [0.15, 0.2) is 0 Å². The van der Waals surface area contributed by atoms with Gasteiger partial charge in [-0.05, 0) is 42.9 Å². The van der Waals surface area contributed by atoms with Crippen LogP contribution in [-0.4, -0.2) is 0 Å². The summed E-state index contributed by atoms with van der Waals surface area (Å²) in [5.74, 6) is 4.76. The van der Waals surface area contributed by atoms with Gasteiger partial charge in [-0.3, -0.25) is 0 Å². The molecule has 5 saturated carbocycles. The van der Waals surface area contributed by atoms with Crippen molar-refractivity contribution in [2.45, 2.75) is 112 Å². The first-order valence-corrected chi connectivity index (χ1v) is 10.3. The van der Waals surface area contributed by atoms with Gasteiger partial charge in [-0.1, -0.05) is 92.9 Å². The Bertz CT molecular complexity index is 175. The summed E-state index contributed by atoms with van der Waals surface area (Å²) >= 11 is 0. The van der Waals surface area contributed by atoms with E-state index in [-0.39, 0.29) is 0 Å². The lowest BCUT2D eigenvalue weighted by molar-refractivity contribution is 0.116. The first-order valence-electron chi connectivity index (χ1n) is 10.3. The van der Waals surface area contributed by atoms with Gasteiger partial charge in [-0.25, -0.2) is 0 Å². The molecule has 128 valence electrons. The van der Waals surface area contributed by atoms with Gasteiger partial charge in [0.2, 0.25) is 0 Å². The largest absolute Gasteiger partial charge is 0.0683 e. The SMILES string of the molecule is C1CC2CC(C1)C2.C1CCC2CC2C1.CC.CC.CCC. The molecule has 0 spiro atoms. The van der Waals surface area contributed by atoms with Crippen LogP contribution in [0.2, 0.25) is 0 Å². The van der Waals surface area contributed by atoms with Gasteiger partial charge in [0.05, 0.1) is 0 Å². The van der Waals surface area contributed by atoms with Gasteiger partial charge in [0.1, 0.15) is 0 Å². The molecule has 0 heteroatoms. The van der Waals surface area contributed by atoms with E-state index < -0.39 is 0 Å². The number of fused-ring (bicyclic) bond motifs is 3. The van der Waals surface area contributed by atoms with E-state index in [0.717, 1.165) is 0 Å². The number of hydrogen-bond donors (Lipinski definition) is 0. The highest BCUT2D eigenvalue weighted by Crippen LogP contribution is 2.49. The molecule has 0 heterocycles. The van der Waals surface area contributed by atoms with E-state index in [4.69, 9.17) is 0 Å². The van der Waals surface area contributed by atoms with Crippen molar-refractivity contribution in [1.29, 1.82) is 0 Å². The first-order chi connectivity index (χ1) is 10.3. The normalized spacial score (nSPS) is 33.4. The van der Waals surface area contributed by atoms with Crippen molar-refractivity contribution < 1.29 is 0 Å². The third kappa shape index (κ3) is 8.89. The van der Waals surface area contributed by atoms with Crippen LogP contribution in [0, 0.1) is 23.7 Å². The average Bonchev–Trinajstić information content (AvgIpc) is 3.32. The average molecular weight is 297 g/mol. The van der Waals surface area contributed by atoms with Crippen LogP contribution in [0.25, 0.3) is 0 Å². The van der Waals surface area contributed by atoms with Crippen LogP contribution >= 0.6 is 0 Å². The Morgan fingerprint density at radius 3 is 1.14 bits per heavy atom. The Morgan fingerprint density at radius 1 is 0.571 bits per heavy atom. The molecule has 0 N–H and O–H groups in total. The predicted octanol–water partition coefficient (Wildman–Crippen LogP) is 7.86. The maximum absolute atomic E-state index is 2.12. The summed E-state index contributed by atoms with van der Waals surface area (Å²) in [6, 6.07) is 0. The second-order valence-electron chi connectivity index (χ2n) is 6.88. The fourth-order valence-corrected chi connectivity index (χ4v) is 3.87. The van der Waals surface area contributed by atoms with Crippen molar-refractivity contribution in [2.24, 2.45) is 23.7 Å². The van der Waals surface area contributed by atoms with Crippen LogP contribution in [-0.2, 0) is 0 Å². The van der Waals surface area contributed by atoms with Gasteiger partial charge in [0, 0.05) is 0 Å². The zero-order valence-corrected chi connectivity index (χ0v) is 16.1. The van der Waals surface area contributed by atoms with Crippen LogP contribution in [0.3, 0.4) is 0 Å². The van der Waals surface area contributed by atoms with Gasteiger partial charge in [0.15, 0.2) is 0 Å². The van der Waals surface area contributed by atoms with Crippen molar-refractivity contribution in [1.82, 2.24) is 0 Å². The smallest absolute Gasteiger partial charge is 0.0383 e. The molecular formula is C21H44. The number of hydrogen-bond acceptors (Lipinski definition) is 0. The molecule has 0 nitrogen and oxygen atoms in total. The van der Waals surface area contributed by atoms with E-state index in [1.165, 1.54) is 49.4 Å². The third-order valence-electron chi connectivity index (χ3n) is 5.03. The first kappa shape index (κ1) is 21.0. The van der Waals surface area contributed by atoms with Gasteiger partial charge >= 0.3 is 0 Å². The Balaban J connectivity index is 0.000000272. The minimum atomic E-state index is 1.18. The van der Waals surface area contributed by atoms with E-state index in [0.29, 0.717) is 0 Å². The Hall–Kier alpha value is 0. The zero-order chi connectivity index (χ0) is 16.1. The van der Waals surface area contributed by atoms with E-state index >= 15 is 0 Å². The summed E-state index contributed by atoms with van der Waals surface area (Å²) in [4.78, 5) is 0. The van der Waals surface area contributed by atoms with Crippen molar-refractivity contribution in [3.8, 4) is 0 Å². The maximum Gasteiger partial charge on any atom is -0.0383 e. The highest BCUT2D eigenvalue weighted by molar-refractivity contribution is 4.88. The summed E-state index contributed by atoms with van der Waals surface area (Å²) in [5, 5.41) is 0. The number of rotatable bonds is 0. The Morgan fingerprint density at radius 2 is 0.952 bits per heavy atom. The lowest BCUT2D eigenvalue weighted by atomic mass is 9.65. The molecule has 0 aromatic rings. The molecule has 5 aliphatic carbocycles. The van der Waals surface area contributed by atoms with E-state index in [1.807, 2.05) is 27.7 Å². The van der Waals surface area contributed by atoms with Crippen molar-refractivity contribution in [2.75, 3.05) is 0 Å². The van der Waals surface area contributed by atoms with Crippen LogP contribution in [0.5, 0.6) is 0 Å². The standard InChI is InChI=1S/2C7H12.C3H8.2C2H6/c1-2-6-4-7(3-1)5-6;1-2-4-7-5-6(7)3-1;1-3-2;2*1-2/h2*6-7H,1-5H2;3H2,1-2H3;2*1-2H3. The molecule has 2 atom stereocenters. The quantitative estimate of drug-likeness (QED) is 0.426. The van der Waals surface area contributed by atoms with E-state index in [2.05, 4.69) is 13.8 Å². The van der Waals surface area contributed by atoms with E-state index in [1.54, 1.807) is 44.9 Å². The maximum atomic E-state index is 2.12. The summed E-state index contributed by atoms with van der Waals surface area (Å²) in [6.45, 7) is 12.2. The third-order valence-corrected chi connectivity index (χ3v) is 5.03. The molecule has 5 rings (SSSR count). The summed E-state index contributed by atoms with van der Waals surface area (Å²) in [7, 11) is 0. The summed E-state index contributed by atoms with van der Waals surface area (Å²) in [6.07, 6.45) is 16.8. The van der Waals surface area contributed by atoms with Crippen molar-refractivity contribution >= 4 is 0 Å². The molecule has 5 fully saturated rings. The molecule has 0 aliphatic heterocycles. The molecule has 21 heavy (non-hydrogen) atoms. The Kier molecular flexibility index (Phi) is 13.6. The fraction of sp³-hybridized carbons (Fsp3) is 1.00. The topological polar surface area (TPSA) is 0 Å². The predicted molar refractivity (Wildman–Crippen MR) is 98.8 cm³/mol. The molecule has 5 aliphatic rings. The van der Waals surface area contributed by atoms with Gasteiger partial charge in [0.25, 0.3) is 0 Å². The molecule has 0 amide bonds. The molecule has 0 saturated heterocycles. The van der Waals surface area contributed by atoms with Crippen molar-refractivity contribution in [3.05, 3.63) is 0 Å². The molecule has 0 aromatic heterocycles. The molecule has 2 bridgehead atoms. The Labute approximate surface area is 136 Å². The van der Waals surface area contributed by atoms with Crippen LogP contribution < -0.4 is 0 Å². The second kappa shape index (κ2) is 13.6. The lowest BCUT2D eigenvalue weighted by Gasteiger charge is -2.40. The van der Waals surface area contributed by atoms with Gasteiger partial charge in [-0.2, -0.15) is 0 Å². The minimum absolute atomic E-state index is 1.18. The van der Waals surface area contributed by atoms with Crippen LogP contribution in [0.1, 0.15) is 112 Å². The van der Waals surface area contributed by atoms with E-state index in [9.17, 15) is 0 Å². The van der Waals surface area contributed by atoms with Gasteiger partial charge in [-0.15, -0.1) is 0 Å².